The fourth-order valence-electron chi connectivity index (χ4n) is 0.827. The van der Waals surface area contributed by atoms with Gasteiger partial charge in [0.25, 0.3) is 5.92 Å². The third-order valence-electron chi connectivity index (χ3n) is 1.35. The maximum atomic E-state index is 12.7. The Labute approximate surface area is 76.1 Å². The maximum absolute atomic E-state index is 12.7. The van der Waals surface area contributed by atoms with Crippen molar-refractivity contribution in [3.63, 3.8) is 0 Å². The van der Waals surface area contributed by atoms with Gasteiger partial charge in [0.05, 0.1) is 6.54 Å². The molecular formula is C8H15F2NO2. The second-order valence-corrected chi connectivity index (χ2v) is 3.45. The summed E-state index contributed by atoms with van der Waals surface area (Å²) in [5.74, 6) is -4.35. The van der Waals surface area contributed by atoms with Gasteiger partial charge >= 0.3 is 5.97 Å². The van der Waals surface area contributed by atoms with Crippen LogP contribution in [-0.2, 0) is 4.79 Å². The van der Waals surface area contributed by atoms with Crippen LogP contribution in [0.3, 0.4) is 0 Å². The molecule has 0 aromatic rings. The molecule has 0 aliphatic heterocycles. The minimum absolute atomic E-state index is 0.278. The zero-order valence-corrected chi connectivity index (χ0v) is 7.81. The van der Waals surface area contributed by atoms with E-state index in [0.29, 0.717) is 6.54 Å². The van der Waals surface area contributed by atoms with Crippen LogP contribution < -0.4 is 5.32 Å². The molecule has 0 heterocycles. The number of carboxylic acids is 1. The quantitative estimate of drug-likeness (QED) is 0.672. The molecule has 0 amide bonds. The Hall–Kier alpha value is -0.710. The van der Waals surface area contributed by atoms with Gasteiger partial charge in [0.1, 0.15) is 6.42 Å². The molecule has 0 radical (unpaired) electrons. The highest BCUT2D eigenvalue weighted by molar-refractivity contribution is 5.67. The molecule has 0 atom stereocenters. The molecule has 0 rings (SSSR count). The van der Waals surface area contributed by atoms with E-state index in [2.05, 4.69) is 5.32 Å². The van der Waals surface area contributed by atoms with E-state index >= 15 is 0 Å². The second-order valence-electron chi connectivity index (χ2n) is 3.45. The van der Waals surface area contributed by atoms with E-state index < -0.39 is 24.9 Å². The second kappa shape index (κ2) is 5.11. The Morgan fingerprint density at radius 1 is 1.54 bits per heavy atom. The SMILES string of the molecule is CC(C)CNCC(F)(F)CC(=O)O. The molecule has 0 saturated carbocycles. The summed E-state index contributed by atoms with van der Waals surface area (Å²) in [5, 5.41) is 10.7. The molecule has 2 N–H and O–H groups in total. The van der Waals surface area contributed by atoms with Crippen LogP contribution in [0.25, 0.3) is 0 Å². The van der Waals surface area contributed by atoms with Crippen LogP contribution in [0.15, 0.2) is 0 Å². The van der Waals surface area contributed by atoms with Gasteiger partial charge in [0.2, 0.25) is 0 Å². The predicted molar refractivity (Wildman–Crippen MR) is 44.9 cm³/mol. The van der Waals surface area contributed by atoms with Gasteiger partial charge in [-0.15, -0.1) is 0 Å². The molecule has 0 aromatic heterocycles. The highest BCUT2D eigenvalue weighted by Crippen LogP contribution is 2.16. The van der Waals surface area contributed by atoms with Crippen LogP contribution in [0.4, 0.5) is 8.78 Å². The average molecular weight is 195 g/mol. The largest absolute Gasteiger partial charge is 0.481 e. The van der Waals surface area contributed by atoms with Crippen molar-refractivity contribution in [3.8, 4) is 0 Å². The van der Waals surface area contributed by atoms with E-state index in [-0.39, 0.29) is 5.92 Å². The summed E-state index contributed by atoms with van der Waals surface area (Å²) < 4.78 is 25.4. The minimum atomic E-state index is -3.15. The van der Waals surface area contributed by atoms with E-state index in [0.717, 1.165) is 0 Å². The first-order chi connectivity index (χ1) is 5.83. The van der Waals surface area contributed by atoms with Crippen molar-refractivity contribution in [2.45, 2.75) is 26.2 Å². The van der Waals surface area contributed by atoms with Crippen LogP contribution in [0.5, 0.6) is 0 Å². The van der Waals surface area contributed by atoms with Crippen molar-refractivity contribution in [2.24, 2.45) is 5.92 Å². The molecule has 5 heteroatoms. The summed E-state index contributed by atoms with van der Waals surface area (Å²) >= 11 is 0. The van der Waals surface area contributed by atoms with E-state index in [9.17, 15) is 13.6 Å². The van der Waals surface area contributed by atoms with Gasteiger partial charge in [0, 0.05) is 0 Å². The van der Waals surface area contributed by atoms with Crippen molar-refractivity contribution in [1.82, 2.24) is 5.32 Å². The van der Waals surface area contributed by atoms with E-state index in [4.69, 9.17) is 5.11 Å². The standard InChI is InChI=1S/C8H15F2NO2/c1-6(2)4-11-5-8(9,10)3-7(12)13/h6,11H,3-5H2,1-2H3,(H,12,13). The third-order valence-corrected chi connectivity index (χ3v) is 1.35. The lowest BCUT2D eigenvalue weighted by Crippen LogP contribution is -2.36. The summed E-state index contributed by atoms with van der Waals surface area (Å²) in [6, 6.07) is 0. The molecule has 0 unspecified atom stereocenters. The lowest BCUT2D eigenvalue weighted by Gasteiger charge is -2.15. The Balaban J connectivity index is 3.69. The van der Waals surface area contributed by atoms with Crippen molar-refractivity contribution >= 4 is 5.97 Å². The number of hydrogen-bond donors (Lipinski definition) is 2. The minimum Gasteiger partial charge on any atom is -0.481 e. The summed E-state index contributed by atoms with van der Waals surface area (Å²) in [4.78, 5) is 10.0. The molecule has 13 heavy (non-hydrogen) atoms. The zero-order chi connectivity index (χ0) is 10.5. The fourth-order valence-corrected chi connectivity index (χ4v) is 0.827. The molecule has 0 aromatic carbocycles. The summed E-state index contributed by atoms with van der Waals surface area (Å²) in [7, 11) is 0. The van der Waals surface area contributed by atoms with Gasteiger partial charge in [-0.2, -0.15) is 0 Å². The monoisotopic (exact) mass is 195 g/mol. The van der Waals surface area contributed by atoms with Gasteiger partial charge in [0.15, 0.2) is 0 Å². The van der Waals surface area contributed by atoms with E-state index in [1.165, 1.54) is 0 Å². The predicted octanol–water partition coefficient (Wildman–Crippen LogP) is 1.34. The molecule has 0 saturated heterocycles. The number of rotatable bonds is 6. The Morgan fingerprint density at radius 2 is 2.08 bits per heavy atom. The first-order valence-electron chi connectivity index (χ1n) is 4.14. The topological polar surface area (TPSA) is 49.3 Å². The Bertz CT molecular complexity index is 172. The van der Waals surface area contributed by atoms with Gasteiger partial charge in [-0.05, 0) is 12.5 Å². The zero-order valence-electron chi connectivity index (χ0n) is 7.81. The van der Waals surface area contributed by atoms with Crippen molar-refractivity contribution in [2.75, 3.05) is 13.1 Å². The molecule has 0 spiro atoms. The summed E-state index contributed by atoms with van der Waals surface area (Å²) in [6.07, 6.45) is -1.11. The van der Waals surface area contributed by atoms with Gasteiger partial charge < -0.3 is 10.4 Å². The highest BCUT2D eigenvalue weighted by atomic mass is 19.3. The molecule has 0 aliphatic carbocycles. The van der Waals surface area contributed by atoms with Crippen LogP contribution in [0.2, 0.25) is 0 Å². The Morgan fingerprint density at radius 3 is 2.46 bits per heavy atom. The first-order valence-corrected chi connectivity index (χ1v) is 4.14. The summed E-state index contributed by atoms with van der Waals surface area (Å²) in [6.45, 7) is 3.68. The number of aliphatic carboxylic acids is 1. The fraction of sp³-hybridized carbons (Fsp3) is 0.875. The number of carboxylic acid groups (broad SMARTS) is 1. The molecular weight excluding hydrogens is 180 g/mol. The molecule has 0 bridgehead atoms. The summed E-state index contributed by atoms with van der Waals surface area (Å²) in [5.41, 5.74) is 0. The number of hydrogen-bond acceptors (Lipinski definition) is 2. The van der Waals surface area contributed by atoms with Crippen molar-refractivity contribution in [3.05, 3.63) is 0 Å². The molecule has 78 valence electrons. The smallest absolute Gasteiger partial charge is 0.309 e. The lowest BCUT2D eigenvalue weighted by atomic mass is 10.2. The Kier molecular flexibility index (Phi) is 4.83. The molecule has 0 fully saturated rings. The molecule has 3 nitrogen and oxygen atoms in total. The van der Waals surface area contributed by atoms with Crippen LogP contribution in [0, 0.1) is 5.92 Å². The van der Waals surface area contributed by atoms with Gasteiger partial charge in [-0.1, -0.05) is 13.8 Å². The van der Waals surface area contributed by atoms with Crippen LogP contribution in [-0.4, -0.2) is 30.1 Å². The number of alkyl halides is 2. The van der Waals surface area contributed by atoms with Crippen LogP contribution >= 0.6 is 0 Å². The normalized spacial score (nSPS) is 12.1. The highest BCUT2D eigenvalue weighted by Gasteiger charge is 2.31. The van der Waals surface area contributed by atoms with Crippen molar-refractivity contribution < 1.29 is 18.7 Å². The van der Waals surface area contributed by atoms with E-state index in [1.54, 1.807) is 0 Å². The number of carbonyl (C=O) groups is 1. The number of halogens is 2. The van der Waals surface area contributed by atoms with Crippen molar-refractivity contribution in [1.29, 1.82) is 0 Å². The maximum Gasteiger partial charge on any atom is 0.309 e. The van der Waals surface area contributed by atoms with Gasteiger partial charge in [-0.25, -0.2) is 8.78 Å². The first kappa shape index (κ1) is 12.3. The lowest BCUT2D eigenvalue weighted by molar-refractivity contribution is -0.144. The number of nitrogens with one attached hydrogen (secondary N) is 1. The average Bonchev–Trinajstić information content (AvgIpc) is 1.81. The van der Waals surface area contributed by atoms with Gasteiger partial charge in [-0.3, -0.25) is 4.79 Å². The van der Waals surface area contributed by atoms with E-state index in [1.807, 2.05) is 13.8 Å². The van der Waals surface area contributed by atoms with Crippen LogP contribution in [0.1, 0.15) is 20.3 Å². The molecule has 0 aliphatic rings. The third kappa shape index (κ3) is 7.64.